The van der Waals surface area contributed by atoms with Crippen LogP contribution in [0.5, 0.6) is 0 Å². The van der Waals surface area contributed by atoms with Crippen LogP contribution in [-0.2, 0) is 23.8 Å². The minimum absolute atomic E-state index is 0.0208. The molecule has 118 valence electrons. The van der Waals surface area contributed by atoms with Crippen LogP contribution < -0.4 is 0 Å². The van der Waals surface area contributed by atoms with Crippen molar-refractivity contribution in [1.29, 1.82) is 0 Å². The first-order valence-electron chi connectivity index (χ1n) is 7.26. The lowest BCUT2D eigenvalue weighted by Crippen LogP contribution is -2.42. The van der Waals surface area contributed by atoms with Crippen molar-refractivity contribution < 1.29 is 23.8 Å². The summed E-state index contributed by atoms with van der Waals surface area (Å²) in [5.74, 6) is -1.27. The van der Waals surface area contributed by atoms with E-state index in [1.807, 2.05) is 39.0 Å². The van der Waals surface area contributed by atoms with Gasteiger partial charge in [-0.25, -0.2) is 0 Å². The van der Waals surface area contributed by atoms with Gasteiger partial charge in [-0.3, -0.25) is 9.59 Å². The Kier molecular flexibility index (Phi) is 6.62. The summed E-state index contributed by atoms with van der Waals surface area (Å²) < 4.78 is 15.7. The van der Waals surface area contributed by atoms with E-state index in [4.69, 9.17) is 14.2 Å². The summed E-state index contributed by atoms with van der Waals surface area (Å²) >= 11 is 0. The summed E-state index contributed by atoms with van der Waals surface area (Å²) in [5, 5.41) is 0. The zero-order valence-corrected chi connectivity index (χ0v) is 13.2. The summed E-state index contributed by atoms with van der Waals surface area (Å²) in [5.41, 5.74) is 0.273. The van der Waals surface area contributed by atoms with Crippen molar-refractivity contribution in [3.63, 3.8) is 0 Å². The molecular formula is C16H24O5. The first-order chi connectivity index (χ1) is 9.92. The van der Waals surface area contributed by atoms with Gasteiger partial charge in [-0.15, -0.1) is 0 Å². The molecular weight excluding hydrogens is 272 g/mol. The molecule has 0 aromatic rings. The SMILES string of the molecule is CCOC(=O)CCOC(=O)C1C=C(C)C=CC1(C)OCC. The van der Waals surface area contributed by atoms with Gasteiger partial charge in [0, 0.05) is 6.61 Å². The molecule has 1 rings (SSSR count). The molecule has 0 radical (unpaired) electrons. The predicted molar refractivity (Wildman–Crippen MR) is 78.6 cm³/mol. The van der Waals surface area contributed by atoms with Crippen LogP contribution in [0.1, 0.15) is 34.1 Å². The van der Waals surface area contributed by atoms with Gasteiger partial charge >= 0.3 is 11.9 Å². The van der Waals surface area contributed by atoms with Crippen molar-refractivity contribution in [1.82, 2.24) is 0 Å². The zero-order valence-electron chi connectivity index (χ0n) is 13.2. The maximum Gasteiger partial charge on any atom is 0.316 e. The van der Waals surface area contributed by atoms with E-state index < -0.39 is 11.5 Å². The van der Waals surface area contributed by atoms with Gasteiger partial charge in [0.05, 0.1) is 13.0 Å². The lowest BCUT2D eigenvalue weighted by atomic mass is 9.83. The molecule has 0 saturated carbocycles. The lowest BCUT2D eigenvalue weighted by Gasteiger charge is -2.34. The normalized spacial score (nSPS) is 24.4. The lowest BCUT2D eigenvalue weighted by molar-refractivity contribution is -0.157. The predicted octanol–water partition coefficient (Wildman–Crippen LogP) is 2.41. The molecule has 0 aliphatic heterocycles. The standard InChI is InChI=1S/C16H24O5/c1-5-19-14(17)8-10-20-15(18)13-11-12(3)7-9-16(13,4)21-6-2/h7,9,11,13H,5-6,8,10H2,1-4H3. The van der Waals surface area contributed by atoms with Crippen molar-refractivity contribution >= 4 is 11.9 Å². The van der Waals surface area contributed by atoms with E-state index in [-0.39, 0.29) is 25.0 Å². The smallest absolute Gasteiger partial charge is 0.316 e. The van der Waals surface area contributed by atoms with Crippen LogP contribution in [0, 0.1) is 5.92 Å². The highest BCUT2D eigenvalue weighted by Gasteiger charge is 2.39. The van der Waals surface area contributed by atoms with Gasteiger partial charge in [0.2, 0.25) is 0 Å². The molecule has 0 aromatic heterocycles. The molecule has 0 bridgehead atoms. The van der Waals surface area contributed by atoms with E-state index in [1.165, 1.54) is 0 Å². The third kappa shape index (κ3) is 5.01. The third-order valence-electron chi connectivity index (χ3n) is 3.29. The fourth-order valence-electron chi connectivity index (χ4n) is 2.19. The highest BCUT2D eigenvalue weighted by molar-refractivity contribution is 5.78. The second-order valence-corrected chi connectivity index (χ2v) is 5.06. The number of esters is 2. The highest BCUT2D eigenvalue weighted by atomic mass is 16.6. The monoisotopic (exact) mass is 296 g/mol. The van der Waals surface area contributed by atoms with Crippen LogP contribution in [0.4, 0.5) is 0 Å². The Morgan fingerprint density at radius 1 is 1.24 bits per heavy atom. The largest absolute Gasteiger partial charge is 0.466 e. The maximum absolute atomic E-state index is 12.2. The summed E-state index contributed by atoms with van der Waals surface area (Å²) in [4.78, 5) is 23.5. The first kappa shape index (κ1) is 17.4. The van der Waals surface area contributed by atoms with Crippen molar-refractivity contribution in [2.24, 2.45) is 5.92 Å². The Morgan fingerprint density at radius 2 is 1.95 bits per heavy atom. The molecule has 0 aromatic carbocycles. The molecule has 0 fully saturated rings. The van der Waals surface area contributed by atoms with Gasteiger partial charge in [-0.1, -0.05) is 23.8 Å². The second kappa shape index (κ2) is 7.98. The number of ether oxygens (including phenoxy) is 3. The number of carbonyl (C=O) groups is 2. The number of hydrogen-bond donors (Lipinski definition) is 0. The van der Waals surface area contributed by atoms with Crippen molar-refractivity contribution in [3.8, 4) is 0 Å². The van der Waals surface area contributed by atoms with E-state index in [2.05, 4.69) is 0 Å². The van der Waals surface area contributed by atoms with Crippen LogP contribution in [0.2, 0.25) is 0 Å². The topological polar surface area (TPSA) is 61.8 Å². The van der Waals surface area contributed by atoms with Crippen LogP contribution in [0.25, 0.3) is 0 Å². The number of rotatable bonds is 7. The zero-order chi connectivity index (χ0) is 15.9. The van der Waals surface area contributed by atoms with Gasteiger partial charge in [0.1, 0.15) is 18.1 Å². The Balaban J connectivity index is 2.61. The average Bonchev–Trinajstić information content (AvgIpc) is 2.42. The molecule has 2 atom stereocenters. The number of allylic oxidation sites excluding steroid dienone is 2. The van der Waals surface area contributed by atoms with Gasteiger partial charge in [-0.05, 0) is 27.7 Å². The van der Waals surface area contributed by atoms with E-state index >= 15 is 0 Å². The van der Waals surface area contributed by atoms with E-state index in [0.29, 0.717) is 13.2 Å². The molecule has 0 N–H and O–H groups in total. The second-order valence-electron chi connectivity index (χ2n) is 5.06. The Bertz CT molecular complexity index is 438. The number of carbonyl (C=O) groups excluding carboxylic acids is 2. The van der Waals surface area contributed by atoms with Gasteiger partial charge in [0.15, 0.2) is 0 Å². The summed E-state index contributed by atoms with van der Waals surface area (Å²) in [6.07, 6.45) is 5.71. The quantitative estimate of drug-likeness (QED) is 0.675. The number of hydrogen-bond acceptors (Lipinski definition) is 5. The van der Waals surface area contributed by atoms with Crippen molar-refractivity contribution in [2.45, 2.75) is 39.7 Å². The molecule has 2 unspecified atom stereocenters. The molecule has 1 aliphatic rings. The fraction of sp³-hybridized carbons (Fsp3) is 0.625. The van der Waals surface area contributed by atoms with Crippen LogP contribution in [0.15, 0.2) is 23.8 Å². The molecule has 21 heavy (non-hydrogen) atoms. The molecule has 0 saturated heterocycles. The van der Waals surface area contributed by atoms with E-state index in [1.54, 1.807) is 6.92 Å². The molecule has 0 spiro atoms. The molecule has 5 heteroatoms. The fourth-order valence-corrected chi connectivity index (χ4v) is 2.19. The molecule has 5 nitrogen and oxygen atoms in total. The van der Waals surface area contributed by atoms with Gasteiger partial charge < -0.3 is 14.2 Å². The van der Waals surface area contributed by atoms with Gasteiger partial charge in [-0.2, -0.15) is 0 Å². The van der Waals surface area contributed by atoms with Crippen LogP contribution in [-0.4, -0.2) is 37.4 Å². The Labute approximate surface area is 125 Å². The summed E-state index contributed by atoms with van der Waals surface area (Å²) in [6, 6.07) is 0. The van der Waals surface area contributed by atoms with E-state index in [9.17, 15) is 9.59 Å². The maximum atomic E-state index is 12.2. The third-order valence-corrected chi connectivity index (χ3v) is 3.29. The van der Waals surface area contributed by atoms with Crippen molar-refractivity contribution in [3.05, 3.63) is 23.8 Å². The Hall–Kier alpha value is -1.62. The minimum atomic E-state index is -0.713. The average molecular weight is 296 g/mol. The van der Waals surface area contributed by atoms with E-state index in [0.717, 1.165) is 5.57 Å². The molecule has 0 amide bonds. The Morgan fingerprint density at radius 3 is 2.57 bits per heavy atom. The van der Waals surface area contributed by atoms with Crippen molar-refractivity contribution in [2.75, 3.05) is 19.8 Å². The van der Waals surface area contributed by atoms with Crippen LogP contribution in [0.3, 0.4) is 0 Å². The van der Waals surface area contributed by atoms with Gasteiger partial charge in [0.25, 0.3) is 0 Å². The summed E-state index contributed by atoms with van der Waals surface area (Å²) in [7, 11) is 0. The molecule has 1 aliphatic carbocycles. The first-order valence-corrected chi connectivity index (χ1v) is 7.26. The van der Waals surface area contributed by atoms with Crippen LogP contribution >= 0.6 is 0 Å². The summed E-state index contributed by atoms with van der Waals surface area (Å²) in [6.45, 7) is 8.23. The minimum Gasteiger partial charge on any atom is -0.466 e. The molecule has 0 heterocycles. The highest BCUT2D eigenvalue weighted by Crippen LogP contribution is 2.31.